The van der Waals surface area contributed by atoms with E-state index in [9.17, 15) is 0 Å². The lowest BCUT2D eigenvalue weighted by atomic mass is 9.86. The van der Waals surface area contributed by atoms with Crippen molar-refractivity contribution in [3.05, 3.63) is 0 Å². The van der Waals surface area contributed by atoms with E-state index in [1.807, 2.05) is 0 Å². The fourth-order valence-corrected chi connectivity index (χ4v) is 2.51. The highest BCUT2D eigenvalue weighted by Gasteiger charge is 2.40. The molecule has 76 valence electrons. The lowest BCUT2D eigenvalue weighted by Crippen LogP contribution is -2.39. The molecule has 2 rings (SSSR count). The Labute approximate surface area is 81.5 Å². The second kappa shape index (κ2) is 3.25. The van der Waals surface area contributed by atoms with Crippen LogP contribution in [-0.2, 0) is 0 Å². The van der Waals surface area contributed by atoms with Gasteiger partial charge in [-0.15, -0.1) is 0 Å². The molecule has 2 unspecified atom stereocenters. The fourth-order valence-electron chi connectivity index (χ4n) is 2.51. The molecule has 1 aliphatic carbocycles. The monoisotopic (exact) mass is 182 g/mol. The molecule has 2 N–H and O–H groups in total. The average molecular weight is 182 g/mol. The first-order chi connectivity index (χ1) is 6.09. The molecule has 0 aromatic carbocycles. The second-order valence-electron chi connectivity index (χ2n) is 5.29. The Hall–Kier alpha value is -0.0800. The van der Waals surface area contributed by atoms with Crippen molar-refractivity contribution >= 4 is 0 Å². The molecule has 2 heteroatoms. The summed E-state index contributed by atoms with van der Waals surface area (Å²) in [4.78, 5) is 2.46. The summed E-state index contributed by atoms with van der Waals surface area (Å²) in [5.41, 5.74) is 6.41. The van der Waals surface area contributed by atoms with E-state index in [1.54, 1.807) is 0 Å². The van der Waals surface area contributed by atoms with E-state index in [0.717, 1.165) is 12.0 Å². The number of nitrogens with two attached hydrogens (primary N) is 1. The van der Waals surface area contributed by atoms with Crippen LogP contribution >= 0.6 is 0 Å². The van der Waals surface area contributed by atoms with Gasteiger partial charge in [0.1, 0.15) is 0 Å². The third-order valence-corrected chi connectivity index (χ3v) is 3.90. The highest BCUT2D eigenvalue weighted by molar-refractivity contribution is 5.00. The molecule has 1 heterocycles. The van der Waals surface area contributed by atoms with Gasteiger partial charge in [-0.1, -0.05) is 0 Å². The minimum atomic E-state index is 0.264. The van der Waals surface area contributed by atoms with E-state index < -0.39 is 0 Å². The van der Waals surface area contributed by atoms with Crippen LogP contribution in [0.1, 0.15) is 39.0 Å². The van der Waals surface area contributed by atoms with E-state index in [1.165, 1.54) is 38.6 Å². The molecular formula is C11H22N2. The number of hydrogen-bond acceptors (Lipinski definition) is 2. The molecule has 1 saturated heterocycles. The Morgan fingerprint density at radius 3 is 2.69 bits per heavy atom. The van der Waals surface area contributed by atoms with Crippen molar-refractivity contribution in [3.8, 4) is 0 Å². The third-order valence-electron chi connectivity index (χ3n) is 3.90. The molecule has 0 spiro atoms. The van der Waals surface area contributed by atoms with E-state index in [2.05, 4.69) is 18.9 Å². The van der Waals surface area contributed by atoms with Gasteiger partial charge in [-0.05, 0) is 58.5 Å². The van der Waals surface area contributed by atoms with Crippen molar-refractivity contribution in [2.75, 3.05) is 13.6 Å². The quantitative estimate of drug-likeness (QED) is 0.703. The molecule has 0 amide bonds. The zero-order valence-electron chi connectivity index (χ0n) is 8.92. The lowest BCUT2D eigenvalue weighted by Gasteiger charge is -2.36. The summed E-state index contributed by atoms with van der Waals surface area (Å²) < 4.78 is 0. The van der Waals surface area contributed by atoms with Crippen LogP contribution in [0.5, 0.6) is 0 Å². The van der Waals surface area contributed by atoms with Crippen LogP contribution in [0.2, 0.25) is 0 Å². The number of hydrogen-bond donors (Lipinski definition) is 1. The summed E-state index contributed by atoms with van der Waals surface area (Å²) in [5, 5.41) is 0. The maximum Gasteiger partial charge on any atom is 0.0158 e. The Bertz CT molecular complexity index is 187. The SMILES string of the molecule is CC1CC(CC2(N)CC2)CCN1C. The number of nitrogens with zero attached hydrogens (tertiary/aromatic N) is 1. The summed E-state index contributed by atoms with van der Waals surface area (Å²) in [6.45, 7) is 3.60. The van der Waals surface area contributed by atoms with Gasteiger partial charge in [-0.3, -0.25) is 0 Å². The van der Waals surface area contributed by atoms with Crippen molar-refractivity contribution in [2.45, 2.75) is 50.6 Å². The molecule has 0 aromatic rings. The zero-order valence-corrected chi connectivity index (χ0v) is 8.92. The molecular weight excluding hydrogens is 160 g/mol. The van der Waals surface area contributed by atoms with Crippen LogP contribution in [-0.4, -0.2) is 30.1 Å². The fraction of sp³-hybridized carbons (Fsp3) is 1.00. The number of likely N-dealkylation sites (tertiary alicyclic amines) is 1. The van der Waals surface area contributed by atoms with E-state index in [4.69, 9.17) is 5.73 Å². The molecule has 0 bridgehead atoms. The van der Waals surface area contributed by atoms with Gasteiger partial charge in [0.05, 0.1) is 0 Å². The maximum absolute atomic E-state index is 6.14. The van der Waals surface area contributed by atoms with Crippen molar-refractivity contribution in [2.24, 2.45) is 11.7 Å². The van der Waals surface area contributed by atoms with Crippen LogP contribution in [0.15, 0.2) is 0 Å². The Morgan fingerprint density at radius 1 is 1.46 bits per heavy atom. The summed E-state index contributed by atoms with van der Waals surface area (Å²) in [6, 6.07) is 0.765. The number of rotatable bonds is 2. The van der Waals surface area contributed by atoms with Crippen LogP contribution in [0, 0.1) is 5.92 Å². The molecule has 2 nitrogen and oxygen atoms in total. The highest BCUT2D eigenvalue weighted by atomic mass is 15.1. The first-order valence-electron chi connectivity index (χ1n) is 5.58. The van der Waals surface area contributed by atoms with Crippen molar-refractivity contribution in [3.63, 3.8) is 0 Å². The van der Waals surface area contributed by atoms with Gasteiger partial charge in [0, 0.05) is 11.6 Å². The zero-order chi connectivity index (χ0) is 9.47. The lowest BCUT2D eigenvalue weighted by molar-refractivity contribution is 0.143. The van der Waals surface area contributed by atoms with E-state index >= 15 is 0 Å². The smallest absolute Gasteiger partial charge is 0.0158 e. The first-order valence-corrected chi connectivity index (χ1v) is 5.58. The summed E-state index contributed by atoms with van der Waals surface area (Å²) >= 11 is 0. The molecule has 0 aromatic heterocycles. The van der Waals surface area contributed by atoms with Gasteiger partial charge in [0.2, 0.25) is 0 Å². The molecule has 2 fully saturated rings. The Balaban J connectivity index is 1.81. The third kappa shape index (κ3) is 2.23. The molecule has 13 heavy (non-hydrogen) atoms. The minimum Gasteiger partial charge on any atom is -0.325 e. The first kappa shape index (κ1) is 9.47. The van der Waals surface area contributed by atoms with Gasteiger partial charge in [0.15, 0.2) is 0 Å². The van der Waals surface area contributed by atoms with Gasteiger partial charge < -0.3 is 10.6 Å². The predicted molar refractivity (Wildman–Crippen MR) is 55.6 cm³/mol. The molecule has 2 aliphatic rings. The van der Waals surface area contributed by atoms with Gasteiger partial charge in [0.25, 0.3) is 0 Å². The minimum absolute atomic E-state index is 0.264. The Morgan fingerprint density at radius 2 is 2.15 bits per heavy atom. The average Bonchev–Trinajstić information content (AvgIpc) is 2.76. The van der Waals surface area contributed by atoms with E-state index in [0.29, 0.717) is 0 Å². The van der Waals surface area contributed by atoms with Crippen LogP contribution in [0.25, 0.3) is 0 Å². The molecule has 1 saturated carbocycles. The molecule has 0 radical (unpaired) electrons. The van der Waals surface area contributed by atoms with Crippen LogP contribution < -0.4 is 5.73 Å². The topological polar surface area (TPSA) is 29.3 Å². The Kier molecular flexibility index (Phi) is 2.37. The molecule has 1 aliphatic heterocycles. The number of piperidine rings is 1. The van der Waals surface area contributed by atoms with E-state index in [-0.39, 0.29) is 5.54 Å². The van der Waals surface area contributed by atoms with Crippen LogP contribution in [0.4, 0.5) is 0 Å². The van der Waals surface area contributed by atoms with Crippen molar-refractivity contribution in [1.29, 1.82) is 0 Å². The predicted octanol–water partition coefficient (Wildman–Crippen LogP) is 1.60. The largest absolute Gasteiger partial charge is 0.325 e. The highest BCUT2D eigenvalue weighted by Crippen LogP contribution is 2.41. The van der Waals surface area contributed by atoms with Gasteiger partial charge in [-0.25, -0.2) is 0 Å². The second-order valence-corrected chi connectivity index (χ2v) is 5.29. The molecule has 2 atom stereocenters. The van der Waals surface area contributed by atoms with Gasteiger partial charge >= 0.3 is 0 Å². The van der Waals surface area contributed by atoms with Crippen molar-refractivity contribution in [1.82, 2.24) is 4.90 Å². The normalized spacial score (nSPS) is 39.0. The van der Waals surface area contributed by atoms with Gasteiger partial charge in [-0.2, -0.15) is 0 Å². The van der Waals surface area contributed by atoms with Crippen molar-refractivity contribution < 1.29 is 0 Å². The van der Waals surface area contributed by atoms with Crippen LogP contribution in [0.3, 0.4) is 0 Å². The standard InChI is InChI=1S/C11H22N2/c1-9-7-10(3-6-13(9)2)8-11(12)4-5-11/h9-10H,3-8,12H2,1-2H3. The maximum atomic E-state index is 6.14. The summed E-state index contributed by atoms with van der Waals surface area (Å²) in [7, 11) is 2.23. The summed E-state index contributed by atoms with van der Waals surface area (Å²) in [6.07, 6.45) is 6.54. The summed E-state index contributed by atoms with van der Waals surface area (Å²) in [5.74, 6) is 0.902.